The minimum absolute atomic E-state index is 0.648. The second kappa shape index (κ2) is 6.31. The zero-order chi connectivity index (χ0) is 12.8. The molecule has 4 heteroatoms. The number of nitrogens with one attached hydrogen (secondary N) is 1. The van der Waals surface area contributed by atoms with Gasteiger partial charge in [-0.1, -0.05) is 41.9 Å². The summed E-state index contributed by atoms with van der Waals surface area (Å²) in [6, 6.07) is 8.39. The predicted molar refractivity (Wildman–Crippen MR) is 70.3 cm³/mol. The highest BCUT2D eigenvalue weighted by atomic mass is 16.5. The van der Waals surface area contributed by atoms with E-state index in [-0.39, 0.29) is 0 Å². The van der Waals surface area contributed by atoms with Crippen molar-refractivity contribution in [2.75, 3.05) is 6.54 Å². The van der Waals surface area contributed by atoms with Crippen LogP contribution in [0, 0.1) is 6.92 Å². The summed E-state index contributed by atoms with van der Waals surface area (Å²) < 4.78 is 5.18. The summed E-state index contributed by atoms with van der Waals surface area (Å²) in [4.78, 5) is 4.36. The Morgan fingerprint density at radius 3 is 2.72 bits per heavy atom. The van der Waals surface area contributed by atoms with Crippen molar-refractivity contribution >= 4 is 0 Å². The largest absolute Gasteiger partial charge is 0.338 e. The topological polar surface area (TPSA) is 51.0 Å². The molecule has 0 saturated heterocycles. The number of nitrogens with zero attached hydrogens (tertiary/aromatic N) is 2. The van der Waals surface area contributed by atoms with E-state index in [1.54, 1.807) is 0 Å². The molecule has 1 heterocycles. The maximum Gasteiger partial charge on any atom is 0.240 e. The smallest absolute Gasteiger partial charge is 0.240 e. The fourth-order valence-electron chi connectivity index (χ4n) is 1.69. The van der Waals surface area contributed by atoms with Gasteiger partial charge in [0.25, 0.3) is 0 Å². The van der Waals surface area contributed by atoms with Crippen LogP contribution in [-0.4, -0.2) is 16.7 Å². The molecule has 1 aromatic heterocycles. The van der Waals surface area contributed by atoms with Gasteiger partial charge in [-0.05, 0) is 25.5 Å². The Morgan fingerprint density at radius 2 is 2.00 bits per heavy atom. The molecule has 96 valence electrons. The number of aryl methyl sites for hydroxylation is 1. The predicted octanol–water partition coefficient (Wildman–Crippen LogP) is 2.47. The fourth-order valence-corrected chi connectivity index (χ4v) is 1.69. The molecule has 0 aliphatic carbocycles. The average Bonchev–Trinajstić information content (AvgIpc) is 2.80. The molecular formula is C14H19N3O. The molecule has 0 bridgehead atoms. The summed E-state index contributed by atoms with van der Waals surface area (Å²) >= 11 is 0. The standard InChI is InChI=1S/C14H19N3O/c1-3-8-15-10-14-16-13(17-18-14)9-12-6-4-11(2)5-7-12/h4-7,15H,3,8-10H2,1-2H3. The Kier molecular flexibility index (Phi) is 4.47. The third-order valence-electron chi connectivity index (χ3n) is 2.70. The highest BCUT2D eigenvalue weighted by molar-refractivity contribution is 5.23. The van der Waals surface area contributed by atoms with Gasteiger partial charge in [0.2, 0.25) is 5.89 Å². The van der Waals surface area contributed by atoms with Crippen LogP contribution in [0.5, 0.6) is 0 Å². The number of hydrogen-bond donors (Lipinski definition) is 1. The molecule has 0 radical (unpaired) electrons. The first kappa shape index (κ1) is 12.8. The molecule has 0 saturated carbocycles. The SMILES string of the molecule is CCCNCc1nc(Cc2ccc(C)cc2)no1. The Morgan fingerprint density at radius 1 is 1.22 bits per heavy atom. The van der Waals surface area contributed by atoms with Crippen LogP contribution in [0.25, 0.3) is 0 Å². The molecule has 1 N–H and O–H groups in total. The average molecular weight is 245 g/mol. The Balaban J connectivity index is 1.91. The molecule has 18 heavy (non-hydrogen) atoms. The van der Waals surface area contributed by atoms with Crippen molar-refractivity contribution in [3.8, 4) is 0 Å². The van der Waals surface area contributed by atoms with Crippen LogP contribution in [-0.2, 0) is 13.0 Å². The van der Waals surface area contributed by atoms with Crippen molar-refractivity contribution in [3.63, 3.8) is 0 Å². The minimum Gasteiger partial charge on any atom is -0.338 e. The van der Waals surface area contributed by atoms with E-state index < -0.39 is 0 Å². The summed E-state index contributed by atoms with van der Waals surface area (Å²) in [7, 11) is 0. The summed E-state index contributed by atoms with van der Waals surface area (Å²) in [5.74, 6) is 1.40. The molecule has 0 fully saturated rings. The van der Waals surface area contributed by atoms with Crippen LogP contribution < -0.4 is 5.32 Å². The van der Waals surface area contributed by atoms with Gasteiger partial charge in [0.15, 0.2) is 5.82 Å². The van der Waals surface area contributed by atoms with Crippen molar-refractivity contribution in [2.45, 2.75) is 33.2 Å². The highest BCUT2D eigenvalue weighted by Gasteiger charge is 2.06. The lowest BCUT2D eigenvalue weighted by atomic mass is 10.1. The van der Waals surface area contributed by atoms with Crippen LogP contribution in [0.2, 0.25) is 0 Å². The van der Waals surface area contributed by atoms with Crippen molar-refractivity contribution in [1.82, 2.24) is 15.5 Å². The number of aromatic nitrogens is 2. The van der Waals surface area contributed by atoms with Gasteiger partial charge in [-0.15, -0.1) is 0 Å². The molecule has 2 aromatic rings. The van der Waals surface area contributed by atoms with Crippen LogP contribution in [0.4, 0.5) is 0 Å². The van der Waals surface area contributed by atoms with Gasteiger partial charge in [0.05, 0.1) is 6.54 Å². The van der Waals surface area contributed by atoms with E-state index in [9.17, 15) is 0 Å². The number of hydrogen-bond acceptors (Lipinski definition) is 4. The number of benzene rings is 1. The Labute approximate surface area is 107 Å². The van der Waals surface area contributed by atoms with Gasteiger partial charge in [0.1, 0.15) is 0 Å². The fraction of sp³-hybridized carbons (Fsp3) is 0.429. The summed E-state index contributed by atoms with van der Waals surface area (Å²) in [6.07, 6.45) is 1.82. The van der Waals surface area contributed by atoms with E-state index >= 15 is 0 Å². The lowest BCUT2D eigenvalue weighted by Crippen LogP contribution is -2.13. The molecule has 0 aliphatic heterocycles. The van der Waals surface area contributed by atoms with Gasteiger partial charge in [-0.2, -0.15) is 4.98 Å². The van der Waals surface area contributed by atoms with E-state index in [4.69, 9.17) is 4.52 Å². The minimum atomic E-state index is 0.648. The molecular weight excluding hydrogens is 226 g/mol. The normalized spacial score (nSPS) is 10.8. The first-order chi connectivity index (χ1) is 8.78. The zero-order valence-corrected chi connectivity index (χ0v) is 10.9. The lowest BCUT2D eigenvalue weighted by Gasteiger charge is -1.97. The van der Waals surface area contributed by atoms with Crippen molar-refractivity contribution < 1.29 is 4.52 Å². The van der Waals surface area contributed by atoms with Crippen LogP contribution in [0.1, 0.15) is 36.2 Å². The first-order valence-electron chi connectivity index (χ1n) is 6.35. The van der Waals surface area contributed by atoms with Gasteiger partial charge in [-0.3, -0.25) is 0 Å². The van der Waals surface area contributed by atoms with Crippen molar-refractivity contribution in [3.05, 3.63) is 47.1 Å². The van der Waals surface area contributed by atoms with Gasteiger partial charge >= 0.3 is 0 Å². The van der Waals surface area contributed by atoms with E-state index in [0.29, 0.717) is 12.4 Å². The molecule has 0 unspecified atom stereocenters. The summed E-state index contributed by atoms with van der Waals surface area (Å²) in [5, 5.41) is 7.23. The van der Waals surface area contributed by atoms with E-state index in [2.05, 4.69) is 53.6 Å². The van der Waals surface area contributed by atoms with E-state index in [1.165, 1.54) is 11.1 Å². The van der Waals surface area contributed by atoms with Gasteiger partial charge < -0.3 is 9.84 Å². The zero-order valence-electron chi connectivity index (χ0n) is 10.9. The highest BCUT2D eigenvalue weighted by Crippen LogP contribution is 2.08. The molecule has 4 nitrogen and oxygen atoms in total. The van der Waals surface area contributed by atoms with Crippen LogP contribution in [0.15, 0.2) is 28.8 Å². The lowest BCUT2D eigenvalue weighted by molar-refractivity contribution is 0.363. The Bertz CT molecular complexity index is 476. The van der Waals surface area contributed by atoms with Gasteiger partial charge in [0, 0.05) is 6.42 Å². The quantitative estimate of drug-likeness (QED) is 0.794. The second-order valence-corrected chi connectivity index (χ2v) is 4.44. The monoisotopic (exact) mass is 245 g/mol. The third-order valence-corrected chi connectivity index (χ3v) is 2.70. The summed E-state index contributed by atoms with van der Waals surface area (Å²) in [5.41, 5.74) is 2.46. The summed E-state index contributed by atoms with van der Waals surface area (Å²) in [6.45, 7) is 5.82. The first-order valence-corrected chi connectivity index (χ1v) is 6.35. The van der Waals surface area contributed by atoms with Crippen molar-refractivity contribution in [1.29, 1.82) is 0 Å². The van der Waals surface area contributed by atoms with Crippen LogP contribution >= 0.6 is 0 Å². The molecule has 1 aromatic carbocycles. The molecule has 0 aliphatic rings. The van der Waals surface area contributed by atoms with Crippen LogP contribution in [0.3, 0.4) is 0 Å². The van der Waals surface area contributed by atoms with Crippen molar-refractivity contribution in [2.24, 2.45) is 0 Å². The van der Waals surface area contributed by atoms with E-state index in [1.807, 2.05) is 0 Å². The van der Waals surface area contributed by atoms with E-state index in [0.717, 1.165) is 25.2 Å². The molecule has 2 rings (SSSR count). The second-order valence-electron chi connectivity index (χ2n) is 4.44. The molecule has 0 amide bonds. The Hall–Kier alpha value is -1.68. The van der Waals surface area contributed by atoms with Gasteiger partial charge in [-0.25, -0.2) is 0 Å². The maximum atomic E-state index is 5.18. The third kappa shape index (κ3) is 3.67. The number of rotatable bonds is 6. The molecule has 0 atom stereocenters. The maximum absolute atomic E-state index is 5.18. The molecule has 0 spiro atoms.